The number of ketones is 1. The van der Waals surface area contributed by atoms with E-state index in [4.69, 9.17) is 10.5 Å². The predicted octanol–water partition coefficient (Wildman–Crippen LogP) is 1.75. The Morgan fingerprint density at radius 2 is 2.07 bits per heavy atom. The minimum absolute atomic E-state index is 0.276. The molecule has 88 valence electrons. The first kappa shape index (κ1) is 12.7. The van der Waals surface area contributed by atoms with Crippen LogP contribution in [0.5, 0.6) is 0 Å². The third-order valence-electron chi connectivity index (χ3n) is 3.66. The molecule has 1 aliphatic rings. The zero-order valence-electron chi connectivity index (χ0n) is 9.92. The fourth-order valence-electron chi connectivity index (χ4n) is 2.04. The number of rotatable bonds is 5. The first-order chi connectivity index (χ1) is 7.14. The van der Waals surface area contributed by atoms with Crippen LogP contribution in [0.2, 0.25) is 0 Å². The summed E-state index contributed by atoms with van der Waals surface area (Å²) in [6.07, 6.45) is 3.34. The number of hydrogen-bond acceptors (Lipinski definition) is 3. The second-order valence-corrected chi connectivity index (χ2v) is 4.74. The van der Waals surface area contributed by atoms with Crippen LogP contribution in [-0.4, -0.2) is 25.5 Å². The van der Waals surface area contributed by atoms with E-state index >= 15 is 0 Å². The maximum atomic E-state index is 12.2. The Kier molecular flexibility index (Phi) is 4.74. The van der Waals surface area contributed by atoms with Crippen molar-refractivity contribution in [3.05, 3.63) is 0 Å². The van der Waals surface area contributed by atoms with E-state index in [0.29, 0.717) is 37.9 Å². The molecule has 3 heteroatoms. The van der Waals surface area contributed by atoms with Crippen molar-refractivity contribution in [2.75, 3.05) is 19.8 Å². The molecule has 1 aliphatic heterocycles. The molecule has 1 heterocycles. The summed E-state index contributed by atoms with van der Waals surface area (Å²) in [5, 5.41) is 0. The highest BCUT2D eigenvalue weighted by molar-refractivity contribution is 5.85. The normalized spacial score (nSPS) is 22.3. The topological polar surface area (TPSA) is 52.3 Å². The molecule has 0 aliphatic carbocycles. The summed E-state index contributed by atoms with van der Waals surface area (Å²) in [6, 6.07) is 0. The molecule has 1 fully saturated rings. The molecule has 0 bridgehead atoms. The van der Waals surface area contributed by atoms with Crippen LogP contribution in [-0.2, 0) is 9.53 Å². The van der Waals surface area contributed by atoms with E-state index in [9.17, 15) is 4.79 Å². The Hall–Kier alpha value is -0.410. The molecule has 0 aromatic carbocycles. The molecular formula is C12H23NO2. The van der Waals surface area contributed by atoms with Gasteiger partial charge in [0, 0.05) is 31.6 Å². The zero-order chi connectivity index (χ0) is 11.3. The highest BCUT2D eigenvalue weighted by Gasteiger charge is 2.38. The first-order valence-corrected chi connectivity index (χ1v) is 5.95. The molecule has 3 nitrogen and oxygen atoms in total. The summed E-state index contributed by atoms with van der Waals surface area (Å²) in [7, 11) is 0. The van der Waals surface area contributed by atoms with Gasteiger partial charge in [-0.3, -0.25) is 4.79 Å². The van der Waals surface area contributed by atoms with Gasteiger partial charge in [0.05, 0.1) is 0 Å². The summed E-state index contributed by atoms with van der Waals surface area (Å²) >= 11 is 0. The Labute approximate surface area is 92.4 Å². The number of Topliss-reactive ketones (excluding diaryl/α,β-unsaturated/α-hetero) is 1. The lowest BCUT2D eigenvalue weighted by molar-refractivity contribution is -0.134. The lowest BCUT2D eigenvalue weighted by Gasteiger charge is -2.35. The van der Waals surface area contributed by atoms with Crippen LogP contribution >= 0.6 is 0 Å². The van der Waals surface area contributed by atoms with Gasteiger partial charge in [0.2, 0.25) is 0 Å². The minimum atomic E-state index is -0.276. The SMILES string of the molecule is CCC(C)CC(=O)C1(CN)CCOCC1. The molecule has 1 saturated heterocycles. The highest BCUT2D eigenvalue weighted by atomic mass is 16.5. The lowest BCUT2D eigenvalue weighted by atomic mass is 9.74. The molecule has 1 rings (SSSR count). The quantitative estimate of drug-likeness (QED) is 0.757. The van der Waals surface area contributed by atoms with Crippen LogP contribution < -0.4 is 5.73 Å². The third kappa shape index (κ3) is 3.02. The minimum Gasteiger partial charge on any atom is -0.381 e. The molecule has 0 aromatic heterocycles. The lowest BCUT2D eigenvalue weighted by Crippen LogP contribution is -2.43. The van der Waals surface area contributed by atoms with Crippen molar-refractivity contribution in [3.63, 3.8) is 0 Å². The molecule has 0 spiro atoms. The number of carbonyl (C=O) groups is 1. The Balaban J connectivity index is 2.59. The fraction of sp³-hybridized carbons (Fsp3) is 0.917. The van der Waals surface area contributed by atoms with Gasteiger partial charge in [-0.25, -0.2) is 0 Å². The smallest absolute Gasteiger partial charge is 0.140 e. The van der Waals surface area contributed by atoms with Gasteiger partial charge >= 0.3 is 0 Å². The zero-order valence-corrected chi connectivity index (χ0v) is 9.92. The first-order valence-electron chi connectivity index (χ1n) is 5.95. The largest absolute Gasteiger partial charge is 0.381 e. The van der Waals surface area contributed by atoms with Crippen molar-refractivity contribution in [2.45, 2.75) is 39.5 Å². The molecular weight excluding hydrogens is 190 g/mol. The summed E-state index contributed by atoms with van der Waals surface area (Å²) in [4.78, 5) is 12.2. The summed E-state index contributed by atoms with van der Waals surface area (Å²) in [5.41, 5.74) is 5.50. The Bertz CT molecular complexity index is 210. The van der Waals surface area contributed by atoms with Crippen molar-refractivity contribution in [1.29, 1.82) is 0 Å². The van der Waals surface area contributed by atoms with Crippen molar-refractivity contribution in [3.8, 4) is 0 Å². The van der Waals surface area contributed by atoms with Gasteiger partial charge in [0.1, 0.15) is 5.78 Å². The van der Waals surface area contributed by atoms with Gasteiger partial charge in [0.15, 0.2) is 0 Å². The standard InChI is InChI=1S/C12H23NO2/c1-3-10(2)8-11(14)12(9-13)4-6-15-7-5-12/h10H,3-9,13H2,1-2H3. The maximum Gasteiger partial charge on any atom is 0.140 e. The highest BCUT2D eigenvalue weighted by Crippen LogP contribution is 2.32. The molecule has 0 amide bonds. The second kappa shape index (κ2) is 5.61. The van der Waals surface area contributed by atoms with Gasteiger partial charge in [-0.05, 0) is 18.8 Å². The van der Waals surface area contributed by atoms with Crippen molar-refractivity contribution in [2.24, 2.45) is 17.1 Å². The molecule has 0 radical (unpaired) electrons. The van der Waals surface area contributed by atoms with Crippen LogP contribution in [0.3, 0.4) is 0 Å². The van der Waals surface area contributed by atoms with Gasteiger partial charge in [0.25, 0.3) is 0 Å². The maximum absolute atomic E-state index is 12.2. The van der Waals surface area contributed by atoms with E-state index in [1.165, 1.54) is 0 Å². The molecule has 2 N–H and O–H groups in total. The number of ether oxygens (including phenoxy) is 1. The molecule has 0 saturated carbocycles. The van der Waals surface area contributed by atoms with Gasteiger partial charge in [-0.15, -0.1) is 0 Å². The van der Waals surface area contributed by atoms with E-state index in [1.54, 1.807) is 0 Å². The van der Waals surface area contributed by atoms with Gasteiger partial charge < -0.3 is 10.5 Å². The Morgan fingerprint density at radius 3 is 2.53 bits per heavy atom. The van der Waals surface area contributed by atoms with Gasteiger partial charge in [-0.1, -0.05) is 20.3 Å². The average Bonchev–Trinajstić information content (AvgIpc) is 2.29. The number of nitrogens with two attached hydrogens (primary N) is 1. The van der Waals surface area contributed by atoms with Crippen LogP contribution in [0.25, 0.3) is 0 Å². The average molecular weight is 213 g/mol. The van der Waals surface area contributed by atoms with Crippen LogP contribution in [0, 0.1) is 11.3 Å². The van der Waals surface area contributed by atoms with E-state index in [2.05, 4.69) is 13.8 Å². The van der Waals surface area contributed by atoms with E-state index in [0.717, 1.165) is 19.3 Å². The summed E-state index contributed by atoms with van der Waals surface area (Å²) in [5.74, 6) is 0.825. The van der Waals surface area contributed by atoms with Crippen molar-refractivity contribution < 1.29 is 9.53 Å². The number of hydrogen-bond donors (Lipinski definition) is 1. The van der Waals surface area contributed by atoms with Crippen molar-refractivity contribution in [1.82, 2.24) is 0 Å². The van der Waals surface area contributed by atoms with Crippen molar-refractivity contribution >= 4 is 5.78 Å². The van der Waals surface area contributed by atoms with E-state index < -0.39 is 0 Å². The summed E-state index contributed by atoms with van der Waals surface area (Å²) in [6.45, 7) is 6.09. The molecule has 1 unspecified atom stereocenters. The van der Waals surface area contributed by atoms with E-state index in [-0.39, 0.29) is 5.41 Å². The molecule has 15 heavy (non-hydrogen) atoms. The number of carbonyl (C=O) groups excluding carboxylic acids is 1. The van der Waals surface area contributed by atoms with Crippen LogP contribution in [0.1, 0.15) is 39.5 Å². The summed E-state index contributed by atoms with van der Waals surface area (Å²) < 4.78 is 5.30. The molecule has 1 atom stereocenters. The second-order valence-electron chi connectivity index (χ2n) is 4.74. The van der Waals surface area contributed by atoms with E-state index in [1.807, 2.05) is 0 Å². The Morgan fingerprint density at radius 1 is 1.47 bits per heavy atom. The predicted molar refractivity (Wildman–Crippen MR) is 60.6 cm³/mol. The fourth-order valence-corrected chi connectivity index (χ4v) is 2.04. The van der Waals surface area contributed by atoms with Crippen LogP contribution in [0.4, 0.5) is 0 Å². The molecule has 0 aromatic rings. The van der Waals surface area contributed by atoms with Crippen LogP contribution in [0.15, 0.2) is 0 Å². The third-order valence-corrected chi connectivity index (χ3v) is 3.66. The monoisotopic (exact) mass is 213 g/mol. The van der Waals surface area contributed by atoms with Gasteiger partial charge in [-0.2, -0.15) is 0 Å².